The average molecular weight is 451 g/mol. The Morgan fingerprint density at radius 3 is 2.88 bits per heavy atom. The van der Waals surface area contributed by atoms with Gasteiger partial charge in [-0.1, -0.05) is 35.9 Å². The van der Waals surface area contributed by atoms with Crippen molar-refractivity contribution in [2.24, 2.45) is 0 Å². The molecule has 2 atom stereocenters. The predicted octanol–water partition coefficient (Wildman–Crippen LogP) is 6.12. The van der Waals surface area contributed by atoms with Crippen LogP contribution in [0.15, 0.2) is 53.8 Å². The number of hydrogen-bond donors (Lipinski definition) is 1. The number of methoxy groups -OCH3 is 1. The highest BCUT2D eigenvalue weighted by molar-refractivity contribution is 7.16. The van der Waals surface area contributed by atoms with Gasteiger partial charge in [0.15, 0.2) is 0 Å². The summed E-state index contributed by atoms with van der Waals surface area (Å²) in [4.78, 5) is 6.04. The summed E-state index contributed by atoms with van der Waals surface area (Å²) in [6.07, 6.45) is 11.0. The minimum atomic E-state index is 0.0168. The second-order valence-electron chi connectivity index (χ2n) is 8.96. The predicted molar refractivity (Wildman–Crippen MR) is 134 cm³/mol. The summed E-state index contributed by atoms with van der Waals surface area (Å²) in [5.74, 6) is 0. The van der Waals surface area contributed by atoms with E-state index in [9.17, 15) is 0 Å². The van der Waals surface area contributed by atoms with Crippen LogP contribution in [-0.4, -0.2) is 37.5 Å². The standard InChI is InChI=1S/C27H34N2O2S/c1-17(2)23-15-19(9-12-25(23)31-18(3)4)27-29-16-26(32-27)22-8-6-7-21-20(22)10-11-24(21)28-13-14-30-5/h6-9,12,15-16,18,24-25,28H,10-11,13-14H2,1-5H3. The van der Waals surface area contributed by atoms with Crippen molar-refractivity contribution in [1.29, 1.82) is 0 Å². The maximum Gasteiger partial charge on any atom is 0.123 e. The molecule has 4 nitrogen and oxygen atoms in total. The van der Waals surface area contributed by atoms with Crippen molar-refractivity contribution in [2.75, 3.05) is 20.3 Å². The SMILES string of the molecule is COCCNC1CCc2c(-c3cnc(C4=CC(=C(C)C)C(OC(C)C)C=C4)s3)cccc21. The van der Waals surface area contributed by atoms with E-state index in [0.717, 1.165) is 36.6 Å². The normalized spacial score (nSPS) is 20.1. The third-order valence-electron chi connectivity index (χ3n) is 6.05. The first kappa shape index (κ1) is 23.1. The van der Waals surface area contributed by atoms with E-state index in [1.807, 2.05) is 6.20 Å². The van der Waals surface area contributed by atoms with Crippen LogP contribution in [0.1, 0.15) is 56.3 Å². The second-order valence-corrected chi connectivity index (χ2v) is 9.99. The van der Waals surface area contributed by atoms with Crippen LogP contribution < -0.4 is 5.32 Å². The molecule has 2 aliphatic carbocycles. The molecule has 2 unspecified atom stereocenters. The molecule has 0 saturated heterocycles. The van der Waals surface area contributed by atoms with Crippen molar-refractivity contribution in [3.05, 3.63) is 69.9 Å². The van der Waals surface area contributed by atoms with E-state index in [1.165, 1.54) is 32.7 Å². The lowest BCUT2D eigenvalue weighted by Crippen LogP contribution is -2.23. The molecule has 0 amide bonds. The minimum Gasteiger partial charge on any atom is -0.383 e. The topological polar surface area (TPSA) is 43.4 Å². The van der Waals surface area contributed by atoms with E-state index in [1.54, 1.807) is 18.4 Å². The third-order valence-corrected chi connectivity index (χ3v) is 7.13. The summed E-state index contributed by atoms with van der Waals surface area (Å²) in [6.45, 7) is 10.1. The van der Waals surface area contributed by atoms with E-state index >= 15 is 0 Å². The van der Waals surface area contributed by atoms with Crippen molar-refractivity contribution >= 4 is 16.9 Å². The van der Waals surface area contributed by atoms with Crippen LogP contribution in [-0.2, 0) is 15.9 Å². The molecule has 1 N–H and O–H groups in total. The Bertz CT molecular complexity index is 1040. The van der Waals surface area contributed by atoms with Gasteiger partial charge in [0.05, 0.1) is 17.6 Å². The number of benzene rings is 1. The molecule has 170 valence electrons. The Balaban J connectivity index is 1.58. The third kappa shape index (κ3) is 4.96. The summed E-state index contributed by atoms with van der Waals surface area (Å²) in [6, 6.07) is 7.10. The number of ether oxygens (including phenoxy) is 2. The van der Waals surface area contributed by atoms with Gasteiger partial charge < -0.3 is 14.8 Å². The van der Waals surface area contributed by atoms with E-state index in [2.05, 4.69) is 69.4 Å². The Hall–Kier alpha value is -2.05. The quantitative estimate of drug-likeness (QED) is 0.492. The molecule has 32 heavy (non-hydrogen) atoms. The molecule has 1 aromatic carbocycles. The first-order valence-corrected chi connectivity index (χ1v) is 12.3. The highest BCUT2D eigenvalue weighted by Crippen LogP contribution is 2.41. The van der Waals surface area contributed by atoms with Gasteiger partial charge in [0.2, 0.25) is 0 Å². The molecule has 2 aliphatic rings. The Kier molecular flexibility index (Phi) is 7.41. The highest BCUT2D eigenvalue weighted by Gasteiger charge is 2.25. The summed E-state index contributed by atoms with van der Waals surface area (Å²) >= 11 is 1.78. The smallest absolute Gasteiger partial charge is 0.123 e. The summed E-state index contributed by atoms with van der Waals surface area (Å²) in [5, 5.41) is 4.69. The van der Waals surface area contributed by atoms with Crippen molar-refractivity contribution in [3.63, 3.8) is 0 Å². The largest absolute Gasteiger partial charge is 0.383 e. The number of fused-ring (bicyclic) bond motifs is 1. The molecule has 0 fully saturated rings. The number of allylic oxidation sites excluding steroid dienone is 3. The minimum absolute atomic E-state index is 0.0168. The summed E-state index contributed by atoms with van der Waals surface area (Å²) < 4.78 is 11.3. The molecule has 0 bridgehead atoms. The zero-order valence-electron chi connectivity index (χ0n) is 19.8. The van der Waals surface area contributed by atoms with Crippen LogP contribution in [0.5, 0.6) is 0 Å². The molecule has 0 aliphatic heterocycles. The molecule has 0 spiro atoms. The zero-order chi connectivity index (χ0) is 22.7. The monoisotopic (exact) mass is 450 g/mol. The fraction of sp³-hybridized carbons (Fsp3) is 0.444. The van der Waals surface area contributed by atoms with Gasteiger partial charge in [-0.2, -0.15) is 0 Å². The van der Waals surface area contributed by atoms with E-state index in [4.69, 9.17) is 14.5 Å². The molecular formula is C27H34N2O2S. The summed E-state index contributed by atoms with van der Waals surface area (Å²) in [7, 11) is 1.75. The number of thiazole rings is 1. The van der Waals surface area contributed by atoms with Crippen LogP contribution in [0.3, 0.4) is 0 Å². The average Bonchev–Trinajstić information content (AvgIpc) is 3.41. The van der Waals surface area contributed by atoms with Gasteiger partial charge in [-0.25, -0.2) is 4.98 Å². The van der Waals surface area contributed by atoms with Gasteiger partial charge in [-0.05, 0) is 68.9 Å². The van der Waals surface area contributed by atoms with Crippen molar-refractivity contribution in [1.82, 2.24) is 10.3 Å². The fourth-order valence-corrected chi connectivity index (χ4v) is 5.50. The molecule has 2 aromatic rings. The van der Waals surface area contributed by atoms with Crippen LogP contribution in [0.2, 0.25) is 0 Å². The first-order chi connectivity index (χ1) is 15.5. The van der Waals surface area contributed by atoms with Crippen molar-refractivity contribution < 1.29 is 9.47 Å². The van der Waals surface area contributed by atoms with Gasteiger partial charge >= 0.3 is 0 Å². The molecule has 1 heterocycles. The number of nitrogens with zero attached hydrogens (tertiary/aromatic N) is 1. The van der Waals surface area contributed by atoms with Crippen LogP contribution >= 0.6 is 11.3 Å². The molecule has 1 aromatic heterocycles. The fourth-order valence-electron chi connectivity index (χ4n) is 4.53. The second kappa shape index (κ2) is 10.3. The lowest BCUT2D eigenvalue weighted by Gasteiger charge is -2.23. The summed E-state index contributed by atoms with van der Waals surface area (Å²) in [5.41, 5.74) is 7.88. The number of rotatable bonds is 8. The molecule has 0 saturated carbocycles. The lowest BCUT2D eigenvalue weighted by atomic mass is 9.96. The molecule has 5 heteroatoms. The van der Waals surface area contributed by atoms with Gasteiger partial charge in [0, 0.05) is 31.5 Å². The zero-order valence-corrected chi connectivity index (χ0v) is 20.6. The lowest BCUT2D eigenvalue weighted by molar-refractivity contribution is 0.0562. The first-order valence-electron chi connectivity index (χ1n) is 11.5. The van der Waals surface area contributed by atoms with Gasteiger partial charge in [-0.15, -0.1) is 11.3 Å². The Morgan fingerprint density at radius 2 is 2.12 bits per heavy atom. The number of nitrogens with one attached hydrogen (secondary N) is 1. The highest BCUT2D eigenvalue weighted by atomic mass is 32.1. The Morgan fingerprint density at radius 1 is 1.28 bits per heavy atom. The van der Waals surface area contributed by atoms with E-state index in [0.29, 0.717) is 6.04 Å². The van der Waals surface area contributed by atoms with Crippen LogP contribution in [0.25, 0.3) is 16.0 Å². The Labute approximate surface area is 196 Å². The van der Waals surface area contributed by atoms with Crippen LogP contribution in [0.4, 0.5) is 0 Å². The van der Waals surface area contributed by atoms with Crippen molar-refractivity contribution in [3.8, 4) is 10.4 Å². The van der Waals surface area contributed by atoms with Gasteiger partial charge in [0.25, 0.3) is 0 Å². The van der Waals surface area contributed by atoms with E-state index in [-0.39, 0.29) is 12.2 Å². The molecular weight excluding hydrogens is 416 g/mol. The maximum atomic E-state index is 6.10. The van der Waals surface area contributed by atoms with E-state index < -0.39 is 0 Å². The van der Waals surface area contributed by atoms with Gasteiger partial charge in [0.1, 0.15) is 11.1 Å². The number of aromatic nitrogens is 1. The number of hydrogen-bond acceptors (Lipinski definition) is 5. The van der Waals surface area contributed by atoms with Crippen LogP contribution in [0, 0.1) is 0 Å². The molecule has 4 rings (SSSR count). The van der Waals surface area contributed by atoms with Gasteiger partial charge in [-0.3, -0.25) is 0 Å². The maximum absolute atomic E-state index is 6.10. The molecule has 0 radical (unpaired) electrons. The van der Waals surface area contributed by atoms with Crippen molar-refractivity contribution in [2.45, 2.75) is 58.8 Å².